The minimum atomic E-state index is 0.0717. The highest BCUT2D eigenvalue weighted by atomic mass is 16.2. The molecule has 3 aromatic heterocycles. The number of amides is 1. The Kier molecular flexibility index (Phi) is 4.73. The van der Waals surface area contributed by atoms with E-state index in [1.54, 1.807) is 30.7 Å². The molecule has 0 unspecified atom stereocenters. The molecule has 6 nitrogen and oxygen atoms in total. The van der Waals surface area contributed by atoms with Crippen LogP contribution in [0, 0.1) is 0 Å². The van der Waals surface area contributed by atoms with E-state index in [0.717, 1.165) is 37.3 Å². The quantitative estimate of drug-likeness (QED) is 0.728. The number of likely N-dealkylation sites (tertiary alicyclic amines) is 1. The molecule has 0 N–H and O–H groups in total. The smallest absolute Gasteiger partial charge is 0.253 e. The molecule has 132 valence electrons. The lowest BCUT2D eigenvalue weighted by Gasteiger charge is -2.32. The van der Waals surface area contributed by atoms with Crippen LogP contribution in [0.15, 0.2) is 61.4 Å². The van der Waals surface area contributed by atoms with Gasteiger partial charge in [-0.05, 0) is 36.6 Å². The third-order valence-corrected chi connectivity index (χ3v) is 4.82. The Morgan fingerprint density at radius 3 is 2.81 bits per heavy atom. The summed E-state index contributed by atoms with van der Waals surface area (Å²) in [5.74, 6) is 1.37. The van der Waals surface area contributed by atoms with Gasteiger partial charge in [-0.1, -0.05) is 6.07 Å². The normalized spacial score (nSPS) is 17.2. The first-order valence-corrected chi connectivity index (χ1v) is 8.90. The molecule has 26 heavy (non-hydrogen) atoms. The Hall–Kier alpha value is -3.02. The molecule has 6 heteroatoms. The minimum absolute atomic E-state index is 0.0717. The Balaban J connectivity index is 1.50. The summed E-state index contributed by atoms with van der Waals surface area (Å²) in [6.45, 7) is 2.24. The molecule has 1 atom stereocenters. The molecule has 1 aliphatic heterocycles. The molecule has 0 radical (unpaired) electrons. The van der Waals surface area contributed by atoms with E-state index in [-0.39, 0.29) is 11.8 Å². The number of hydrogen-bond donors (Lipinski definition) is 0. The predicted octanol–water partition coefficient (Wildman–Crippen LogP) is 2.74. The Bertz CT molecular complexity index is 862. The summed E-state index contributed by atoms with van der Waals surface area (Å²) in [6, 6.07) is 7.56. The van der Waals surface area contributed by atoms with E-state index in [9.17, 15) is 4.79 Å². The Morgan fingerprint density at radius 2 is 2.00 bits per heavy atom. The number of rotatable bonds is 4. The van der Waals surface area contributed by atoms with Crippen molar-refractivity contribution in [3.05, 3.63) is 78.4 Å². The van der Waals surface area contributed by atoms with Crippen LogP contribution in [0.1, 0.15) is 40.5 Å². The highest BCUT2D eigenvalue weighted by molar-refractivity contribution is 5.94. The van der Waals surface area contributed by atoms with Crippen molar-refractivity contribution in [3.63, 3.8) is 0 Å². The second-order valence-corrected chi connectivity index (χ2v) is 6.60. The van der Waals surface area contributed by atoms with Gasteiger partial charge in [-0.25, -0.2) is 4.98 Å². The van der Waals surface area contributed by atoms with Crippen LogP contribution in [0.5, 0.6) is 0 Å². The van der Waals surface area contributed by atoms with Crippen LogP contribution >= 0.6 is 0 Å². The first-order valence-electron chi connectivity index (χ1n) is 8.90. The number of imidazole rings is 1. The van der Waals surface area contributed by atoms with Gasteiger partial charge in [0.2, 0.25) is 0 Å². The van der Waals surface area contributed by atoms with Gasteiger partial charge in [-0.15, -0.1) is 0 Å². The van der Waals surface area contributed by atoms with Gasteiger partial charge in [0.05, 0.1) is 6.54 Å². The van der Waals surface area contributed by atoms with Crippen molar-refractivity contribution < 1.29 is 4.79 Å². The first kappa shape index (κ1) is 16.4. The number of hydrogen-bond acceptors (Lipinski definition) is 4. The fraction of sp³-hybridized carbons (Fsp3) is 0.300. The van der Waals surface area contributed by atoms with Crippen LogP contribution in [-0.4, -0.2) is 43.4 Å². The van der Waals surface area contributed by atoms with E-state index >= 15 is 0 Å². The molecule has 0 spiro atoms. The maximum Gasteiger partial charge on any atom is 0.253 e. The van der Waals surface area contributed by atoms with Crippen molar-refractivity contribution in [1.29, 1.82) is 0 Å². The molecule has 0 saturated carbocycles. The molecule has 1 fully saturated rings. The fourth-order valence-corrected chi connectivity index (χ4v) is 3.55. The molecular formula is C20H21N5O. The van der Waals surface area contributed by atoms with Crippen LogP contribution < -0.4 is 0 Å². The maximum atomic E-state index is 12.8. The third kappa shape index (κ3) is 3.49. The highest BCUT2D eigenvalue weighted by Crippen LogP contribution is 2.27. The van der Waals surface area contributed by atoms with Crippen LogP contribution in [-0.2, 0) is 6.54 Å². The summed E-state index contributed by atoms with van der Waals surface area (Å²) in [6.07, 6.45) is 12.9. The number of pyridine rings is 2. The van der Waals surface area contributed by atoms with Gasteiger partial charge in [-0.3, -0.25) is 14.8 Å². The zero-order valence-corrected chi connectivity index (χ0v) is 14.5. The second-order valence-electron chi connectivity index (χ2n) is 6.60. The van der Waals surface area contributed by atoms with E-state index in [4.69, 9.17) is 0 Å². The number of nitrogens with zero attached hydrogens (tertiary/aromatic N) is 5. The largest absolute Gasteiger partial charge is 0.338 e. The van der Waals surface area contributed by atoms with Gasteiger partial charge in [0, 0.05) is 61.8 Å². The molecule has 1 amide bonds. The summed E-state index contributed by atoms with van der Waals surface area (Å²) in [7, 11) is 0. The number of piperidine rings is 1. The highest BCUT2D eigenvalue weighted by Gasteiger charge is 2.28. The third-order valence-electron chi connectivity index (χ3n) is 4.82. The topological polar surface area (TPSA) is 63.9 Å². The number of carbonyl (C=O) groups excluding carboxylic acids is 1. The van der Waals surface area contributed by atoms with E-state index in [2.05, 4.69) is 25.6 Å². The molecule has 4 rings (SSSR count). The van der Waals surface area contributed by atoms with Gasteiger partial charge < -0.3 is 9.47 Å². The van der Waals surface area contributed by atoms with Crippen LogP contribution in [0.3, 0.4) is 0 Å². The van der Waals surface area contributed by atoms with Crippen molar-refractivity contribution in [2.45, 2.75) is 25.3 Å². The summed E-state index contributed by atoms with van der Waals surface area (Å²) in [4.78, 5) is 27.5. The van der Waals surface area contributed by atoms with Crippen molar-refractivity contribution in [3.8, 4) is 0 Å². The molecule has 1 saturated heterocycles. The van der Waals surface area contributed by atoms with E-state index in [1.807, 2.05) is 29.6 Å². The van der Waals surface area contributed by atoms with Crippen molar-refractivity contribution in [2.75, 3.05) is 13.1 Å². The summed E-state index contributed by atoms with van der Waals surface area (Å²) in [5, 5.41) is 0. The predicted molar refractivity (Wildman–Crippen MR) is 97.7 cm³/mol. The van der Waals surface area contributed by atoms with Gasteiger partial charge in [0.15, 0.2) is 0 Å². The monoisotopic (exact) mass is 347 g/mol. The summed E-state index contributed by atoms with van der Waals surface area (Å²) in [5.41, 5.74) is 1.84. The van der Waals surface area contributed by atoms with Crippen LogP contribution in [0.4, 0.5) is 0 Å². The molecule has 0 bridgehead atoms. The van der Waals surface area contributed by atoms with Gasteiger partial charge >= 0.3 is 0 Å². The van der Waals surface area contributed by atoms with Gasteiger partial charge in [-0.2, -0.15) is 0 Å². The van der Waals surface area contributed by atoms with Crippen LogP contribution in [0.25, 0.3) is 0 Å². The number of carbonyl (C=O) groups is 1. The lowest BCUT2D eigenvalue weighted by atomic mass is 9.96. The summed E-state index contributed by atoms with van der Waals surface area (Å²) >= 11 is 0. The Morgan fingerprint density at radius 1 is 1.12 bits per heavy atom. The SMILES string of the molecule is O=C(c1ccncc1)N1CCC[C@@H](c2nccn2Cc2cccnc2)C1. The number of aromatic nitrogens is 4. The lowest BCUT2D eigenvalue weighted by Crippen LogP contribution is -2.39. The van der Waals surface area contributed by atoms with E-state index in [1.165, 1.54) is 0 Å². The van der Waals surface area contributed by atoms with Crippen LogP contribution in [0.2, 0.25) is 0 Å². The zero-order valence-electron chi connectivity index (χ0n) is 14.5. The van der Waals surface area contributed by atoms with Crippen molar-refractivity contribution in [1.82, 2.24) is 24.4 Å². The average Bonchev–Trinajstić information content (AvgIpc) is 3.17. The van der Waals surface area contributed by atoms with E-state index in [0.29, 0.717) is 12.1 Å². The van der Waals surface area contributed by atoms with Crippen molar-refractivity contribution in [2.24, 2.45) is 0 Å². The maximum absolute atomic E-state index is 12.8. The molecule has 4 heterocycles. The molecule has 0 aliphatic carbocycles. The standard InChI is InChI=1S/C20H21N5O/c26-20(17-5-8-21-9-6-17)25-11-2-4-18(15-25)19-23-10-12-24(19)14-16-3-1-7-22-13-16/h1,3,5-10,12-13,18H,2,4,11,14-15H2/t18-/m1/s1. The minimum Gasteiger partial charge on any atom is -0.338 e. The van der Waals surface area contributed by atoms with Gasteiger partial charge in [0.25, 0.3) is 5.91 Å². The molecule has 0 aromatic carbocycles. The average molecular weight is 347 g/mol. The van der Waals surface area contributed by atoms with Crippen molar-refractivity contribution >= 4 is 5.91 Å². The first-order chi connectivity index (χ1) is 12.8. The summed E-state index contributed by atoms with van der Waals surface area (Å²) < 4.78 is 2.17. The van der Waals surface area contributed by atoms with Gasteiger partial charge in [0.1, 0.15) is 5.82 Å². The van der Waals surface area contributed by atoms with E-state index < -0.39 is 0 Å². The zero-order chi connectivity index (χ0) is 17.8. The molecule has 3 aromatic rings. The fourth-order valence-electron chi connectivity index (χ4n) is 3.55. The molecular weight excluding hydrogens is 326 g/mol. The lowest BCUT2D eigenvalue weighted by molar-refractivity contribution is 0.0703. The Labute approximate surface area is 152 Å². The molecule has 1 aliphatic rings. The second kappa shape index (κ2) is 7.47.